The SMILES string of the molecule is C/C=C/C1CCC2C(CCC3CC(c4ccc(Cl)cc4)CCC32)C1. The van der Waals surface area contributed by atoms with Gasteiger partial charge in [-0.15, -0.1) is 0 Å². The Balaban J connectivity index is 1.42. The fourth-order valence-electron chi connectivity index (χ4n) is 6.32. The van der Waals surface area contributed by atoms with E-state index in [-0.39, 0.29) is 0 Å². The lowest BCUT2D eigenvalue weighted by molar-refractivity contribution is 0.0127. The molecule has 0 saturated heterocycles. The van der Waals surface area contributed by atoms with E-state index in [1.807, 2.05) is 0 Å². The zero-order chi connectivity index (χ0) is 16.5. The van der Waals surface area contributed by atoms with Gasteiger partial charge in [-0.25, -0.2) is 0 Å². The normalized spacial score (nSPS) is 39.4. The lowest BCUT2D eigenvalue weighted by Gasteiger charge is -2.50. The molecular formula is C23H31Cl. The first kappa shape index (κ1) is 16.7. The number of hydrogen-bond acceptors (Lipinski definition) is 0. The highest BCUT2D eigenvalue weighted by Crippen LogP contribution is 2.54. The maximum Gasteiger partial charge on any atom is 0.0406 e. The van der Waals surface area contributed by atoms with E-state index in [1.165, 1.54) is 56.9 Å². The van der Waals surface area contributed by atoms with Gasteiger partial charge in [-0.2, -0.15) is 0 Å². The summed E-state index contributed by atoms with van der Waals surface area (Å²) in [6.45, 7) is 2.18. The molecule has 24 heavy (non-hydrogen) atoms. The molecule has 0 aromatic heterocycles. The van der Waals surface area contributed by atoms with Crippen LogP contribution in [0.2, 0.25) is 5.02 Å². The molecule has 0 heterocycles. The van der Waals surface area contributed by atoms with Crippen LogP contribution in [0.3, 0.4) is 0 Å². The van der Waals surface area contributed by atoms with Crippen molar-refractivity contribution < 1.29 is 0 Å². The van der Waals surface area contributed by atoms with Crippen molar-refractivity contribution in [1.29, 1.82) is 0 Å². The molecule has 130 valence electrons. The topological polar surface area (TPSA) is 0 Å². The Kier molecular flexibility index (Phi) is 5.04. The molecule has 0 spiro atoms. The molecule has 0 amide bonds. The molecule has 1 heteroatoms. The van der Waals surface area contributed by atoms with E-state index in [9.17, 15) is 0 Å². The Morgan fingerprint density at radius 2 is 1.50 bits per heavy atom. The monoisotopic (exact) mass is 342 g/mol. The summed E-state index contributed by atoms with van der Waals surface area (Å²) in [6, 6.07) is 8.67. The van der Waals surface area contributed by atoms with Crippen LogP contribution < -0.4 is 0 Å². The van der Waals surface area contributed by atoms with Gasteiger partial charge in [-0.1, -0.05) is 35.9 Å². The number of allylic oxidation sites excluding steroid dienone is 2. The van der Waals surface area contributed by atoms with Crippen LogP contribution in [0.15, 0.2) is 36.4 Å². The highest BCUT2D eigenvalue weighted by atomic mass is 35.5. The Labute approximate surface area is 152 Å². The van der Waals surface area contributed by atoms with Gasteiger partial charge in [-0.3, -0.25) is 0 Å². The van der Waals surface area contributed by atoms with Gasteiger partial charge >= 0.3 is 0 Å². The van der Waals surface area contributed by atoms with Crippen LogP contribution >= 0.6 is 11.6 Å². The summed E-state index contributed by atoms with van der Waals surface area (Å²) in [5, 5.41) is 0.867. The van der Waals surface area contributed by atoms with Gasteiger partial charge in [0.05, 0.1) is 0 Å². The summed E-state index contributed by atoms with van der Waals surface area (Å²) >= 11 is 6.07. The predicted molar refractivity (Wildman–Crippen MR) is 103 cm³/mol. The van der Waals surface area contributed by atoms with Gasteiger partial charge in [-0.05, 0) is 111 Å². The van der Waals surface area contributed by atoms with Crippen molar-refractivity contribution in [2.45, 2.75) is 64.2 Å². The zero-order valence-corrected chi connectivity index (χ0v) is 15.7. The zero-order valence-electron chi connectivity index (χ0n) is 15.0. The van der Waals surface area contributed by atoms with Gasteiger partial charge in [0, 0.05) is 5.02 Å². The first-order valence-corrected chi connectivity index (χ1v) is 10.5. The molecule has 3 fully saturated rings. The van der Waals surface area contributed by atoms with Crippen LogP contribution in [0.1, 0.15) is 69.8 Å². The second-order valence-electron chi connectivity index (χ2n) is 8.59. The molecule has 6 unspecified atom stereocenters. The molecule has 3 aliphatic rings. The minimum absolute atomic E-state index is 0.777. The molecule has 4 rings (SSSR count). The average Bonchev–Trinajstić information content (AvgIpc) is 2.62. The highest BCUT2D eigenvalue weighted by molar-refractivity contribution is 6.30. The number of halogens is 1. The Morgan fingerprint density at radius 3 is 2.21 bits per heavy atom. The first-order valence-electron chi connectivity index (χ1n) is 10.1. The minimum Gasteiger partial charge on any atom is -0.0914 e. The quantitative estimate of drug-likeness (QED) is 0.497. The first-order chi connectivity index (χ1) is 11.7. The Morgan fingerprint density at radius 1 is 0.833 bits per heavy atom. The largest absolute Gasteiger partial charge is 0.0914 e. The van der Waals surface area contributed by atoms with Crippen LogP contribution in [-0.4, -0.2) is 0 Å². The second-order valence-corrected chi connectivity index (χ2v) is 9.02. The third kappa shape index (κ3) is 3.32. The molecule has 3 aliphatic carbocycles. The van der Waals surface area contributed by atoms with Crippen molar-refractivity contribution in [2.75, 3.05) is 0 Å². The smallest absolute Gasteiger partial charge is 0.0406 e. The molecular weight excluding hydrogens is 312 g/mol. The minimum atomic E-state index is 0.777. The molecule has 6 atom stereocenters. The predicted octanol–water partition coefficient (Wildman–Crippen LogP) is 7.24. The van der Waals surface area contributed by atoms with E-state index in [4.69, 9.17) is 11.6 Å². The van der Waals surface area contributed by atoms with Crippen molar-refractivity contribution in [3.63, 3.8) is 0 Å². The molecule has 3 saturated carbocycles. The van der Waals surface area contributed by atoms with Crippen molar-refractivity contribution >= 4 is 11.6 Å². The molecule has 0 N–H and O–H groups in total. The van der Waals surface area contributed by atoms with Crippen molar-refractivity contribution in [2.24, 2.45) is 29.6 Å². The number of fused-ring (bicyclic) bond motifs is 3. The number of hydrogen-bond donors (Lipinski definition) is 0. The van der Waals surface area contributed by atoms with Gasteiger partial charge in [0.1, 0.15) is 0 Å². The molecule has 0 nitrogen and oxygen atoms in total. The fourth-order valence-corrected chi connectivity index (χ4v) is 6.44. The van der Waals surface area contributed by atoms with E-state index >= 15 is 0 Å². The Bertz CT molecular complexity index is 572. The highest BCUT2D eigenvalue weighted by Gasteiger charge is 2.44. The standard InChI is InChI=1S/C23H31Cl/c1-2-3-16-4-12-22-19(14-16)5-6-20-15-18(9-13-23(20)22)17-7-10-21(24)11-8-17/h2-3,7-8,10-11,16,18-20,22-23H,4-6,9,12-15H2,1H3/b3-2+. The molecule has 0 radical (unpaired) electrons. The summed E-state index contributed by atoms with van der Waals surface area (Å²) in [5.41, 5.74) is 1.52. The van der Waals surface area contributed by atoms with Crippen molar-refractivity contribution in [3.8, 4) is 0 Å². The van der Waals surface area contributed by atoms with Crippen LogP contribution in [0.25, 0.3) is 0 Å². The lowest BCUT2D eigenvalue weighted by Crippen LogP contribution is -2.41. The second kappa shape index (κ2) is 7.24. The maximum atomic E-state index is 6.07. The van der Waals surface area contributed by atoms with Crippen LogP contribution in [-0.2, 0) is 0 Å². The number of rotatable bonds is 2. The molecule has 0 bridgehead atoms. The number of benzene rings is 1. The van der Waals surface area contributed by atoms with Crippen LogP contribution in [0.4, 0.5) is 0 Å². The summed E-state index contributed by atoms with van der Waals surface area (Å²) < 4.78 is 0. The van der Waals surface area contributed by atoms with E-state index in [0.29, 0.717) is 0 Å². The van der Waals surface area contributed by atoms with Crippen molar-refractivity contribution in [3.05, 3.63) is 47.0 Å². The van der Waals surface area contributed by atoms with Crippen molar-refractivity contribution in [1.82, 2.24) is 0 Å². The maximum absolute atomic E-state index is 6.07. The summed E-state index contributed by atoms with van der Waals surface area (Å²) in [7, 11) is 0. The third-order valence-electron chi connectivity index (χ3n) is 7.39. The fraction of sp³-hybridized carbons (Fsp3) is 0.652. The molecule has 1 aromatic carbocycles. The van der Waals surface area contributed by atoms with Gasteiger partial charge < -0.3 is 0 Å². The van der Waals surface area contributed by atoms with E-state index < -0.39 is 0 Å². The summed E-state index contributed by atoms with van der Waals surface area (Å²) in [5.74, 6) is 5.72. The average molecular weight is 343 g/mol. The van der Waals surface area contributed by atoms with Gasteiger partial charge in [0.25, 0.3) is 0 Å². The van der Waals surface area contributed by atoms with E-state index in [0.717, 1.165) is 40.5 Å². The molecule has 0 aliphatic heterocycles. The molecule has 1 aromatic rings. The van der Waals surface area contributed by atoms with E-state index in [2.05, 4.69) is 43.3 Å². The van der Waals surface area contributed by atoms with Crippen LogP contribution in [0.5, 0.6) is 0 Å². The summed E-state index contributed by atoms with van der Waals surface area (Å²) in [6.07, 6.45) is 16.4. The van der Waals surface area contributed by atoms with Gasteiger partial charge in [0.2, 0.25) is 0 Å². The van der Waals surface area contributed by atoms with Gasteiger partial charge in [0.15, 0.2) is 0 Å². The third-order valence-corrected chi connectivity index (χ3v) is 7.64. The Hall–Kier alpha value is -0.750. The van der Waals surface area contributed by atoms with E-state index in [1.54, 1.807) is 0 Å². The lowest BCUT2D eigenvalue weighted by atomic mass is 9.55. The summed E-state index contributed by atoms with van der Waals surface area (Å²) in [4.78, 5) is 0. The van der Waals surface area contributed by atoms with Crippen LogP contribution in [0, 0.1) is 29.6 Å².